The van der Waals surface area contributed by atoms with Gasteiger partial charge in [-0.2, -0.15) is 0 Å². The van der Waals surface area contributed by atoms with Gasteiger partial charge in [0, 0.05) is 25.3 Å². The molecule has 0 bridgehead atoms. The number of nitrogens with zero attached hydrogens (tertiary/aromatic N) is 3. The maximum Gasteiger partial charge on any atom is 0.270 e. The molecule has 1 aliphatic rings. The summed E-state index contributed by atoms with van der Waals surface area (Å²) in [5.41, 5.74) is 2.00. The molecule has 26 heavy (non-hydrogen) atoms. The predicted molar refractivity (Wildman–Crippen MR) is 97.5 cm³/mol. The lowest BCUT2D eigenvalue weighted by atomic mass is 10.2. The molecule has 2 N–H and O–H groups in total. The van der Waals surface area contributed by atoms with Crippen molar-refractivity contribution in [2.75, 3.05) is 39.3 Å². The Bertz CT molecular complexity index is 794. The molecule has 0 atom stereocenters. The number of fused-ring (bicyclic) bond motifs is 1. The van der Waals surface area contributed by atoms with Gasteiger partial charge in [-0.15, -0.1) is 0 Å². The number of aryl methyl sites for hydroxylation is 1. The van der Waals surface area contributed by atoms with Crippen LogP contribution >= 0.6 is 0 Å². The number of hydrogen-bond acceptors (Lipinski definition) is 7. The van der Waals surface area contributed by atoms with Crippen LogP contribution in [0.15, 0.2) is 24.3 Å². The zero-order valence-electron chi connectivity index (χ0n) is 15.2. The third kappa shape index (κ3) is 4.60. The first kappa shape index (κ1) is 17.9. The van der Waals surface area contributed by atoms with Gasteiger partial charge in [0.2, 0.25) is 12.7 Å². The van der Waals surface area contributed by atoms with Gasteiger partial charge in [-0.1, -0.05) is 6.07 Å². The van der Waals surface area contributed by atoms with Crippen molar-refractivity contribution in [1.82, 2.24) is 20.2 Å². The molecule has 1 aromatic carbocycles. The summed E-state index contributed by atoms with van der Waals surface area (Å²) < 4.78 is 10.6. The quantitative estimate of drug-likeness (QED) is 0.775. The molecule has 0 spiro atoms. The Morgan fingerprint density at radius 1 is 1.19 bits per heavy atom. The molecule has 1 aromatic heterocycles. The molecule has 0 unspecified atom stereocenters. The van der Waals surface area contributed by atoms with Gasteiger partial charge in [-0.25, -0.2) is 9.97 Å². The molecule has 0 fully saturated rings. The van der Waals surface area contributed by atoms with Gasteiger partial charge in [-0.3, -0.25) is 4.79 Å². The highest BCUT2D eigenvalue weighted by molar-refractivity contribution is 5.92. The molecule has 2 aromatic rings. The monoisotopic (exact) mass is 357 g/mol. The van der Waals surface area contributed by atoms with Crippen molar-refractivity contribution >= 4 is 11.9 Å². The molecule has 2 heterocycles. The number of ether oxygens (including phenoxy) is 2. The minimum atomic E-state index is -0.246. The van der Waals surface area contributed by atoms with E-state index in [1.165, 1.54) is 0 Å². The summed E-state index contributed by atoms with van der Waals surface area (Å²) in [4.78, 5) is 23.1. The van der Waals surface area contributed by atoms with Crippen molar-refractivity contribution in [1.29, 1.82) is 0 Å². The van der Waals surface area contributed by atoms with Crippen LogP contribution in [0.2, 0.25) is 0 Å². The third-order valence-corrected chi connectivity index (χ3v) is 3.82. The van der Waals surface area contributed by atoms with Gasteiger partial charge < -0.3 is 25.0 Å². The first-order chi connectivity index (χ1) is 12.5. The minimum Gasteiger partial charge on any atom is -0.454 e. The van der Waals surface area contributed by atoms with E-state index in [9.17, 15) is 4.79 Å². The molecule has 1 aliphatic heterocycles. The molecule has 0 saturated carbocycles. The Hall–Kier alpha value is -2.87. The third-order valence-electron chi connectivity index (χ3n) is 3.82. The molecule has 1 amide bonds. The van der Waals surface area contributed by atoms with Crippen LogP contribution in [-0.4, -0.2) is 54.8 Å². The number of aromatic nitrogens is 2. The Morgan fingerprint density at radius 3 is 2.81 bits per heavy atom. The number of nitrogens with one attached hydrogen (secondary N) is 2. The van der Waals surface area contributed by atoms with Crippen LogP contribution in [0.3, 0.4) is 0 Å². The number of anilines is 1. The van der Waals surface area contributed by atoms with Gasteiger partial charge in [0.15, 0.2) is 11.5 Å². The van der Waals surface area contributed by atoms with Gasteiger partial charge >= 0.3 is 0 Å². The fourth-order valence-electron chi connectivity index (χ4n) is 2.48. The van der Waals surface area contributed by atoms with Crippen molar-refractivity contribution in [3.05, 3.63) is 41.2 Å². The van der Waals surface area contributed by atoms with Crippen molar-refractivity contribution < 1.29 is 14.3 Å². The fraction of sp³-hybridized carbons (Fsp3) is 0.389. The van der Waals surface area contributed by atoms with Crippen LogP contribution in [0.4, 0.5) is 5.95 Å². The highest BCUT2D eigenvalue weighted by atomic mass is 16.7. The lowest BCUT2D eigenvalue weighted by Crippen LogP contribution is -2.25. The van der Waals surface area contributed by atoms with Crippen molar-refractivity contribution in [3.63, 3.8) is 0 Å². The second-order valence-electron chi connectivity index (χ2n) is 6.32. The first-order valence-electron chi connectivity index (χ1n) is 8.42. The van der Waals surface area contributed by atoms with E-state index in [1.807, 2.05) is 39.2 Å². The zero-order valence-corrected chi connectivity index (χ0v) is 15.2. The summed E-state index contributed by atoms with van der Waals surface area (Å²) in [7, 11) is 3.99. The normalized spacial score (nSPS) is 12.3. The lowest BCUT2D eigenvalue weighted by Gasteiger charge is -2.11. The highest BCUT2D eigenvalue weighted by Gasteiger charge is 2.14. The van der Waals surface area contributed by atoms with Gasteiger partial charge in [0.25, 0.3) is 5.91 Å². The Balaban J connectivity index is 1.61. The van der Waals surface area contributed by atoms with Crippen LogP contribution < -0.4 is 20.1 Å². The van der Waals surface area contributed by atoms with Crippen molar-refractivity contribution in [3.8, 4) is 11.5 Å². The standard InChI is InChI=1S/C18H23N5O3/c1-12-8-14(22-18(21-12)19-6-7-23(2)3)17(24)20-10-13-4-5-15-16(9-13)26-11-25-15/h4-5,8-9H,6-7,10-11H2,1-3H3,(H,20,24)(H,19,21,22). The van der Waals surface area contributed by atoms with Crippen LogP contribution in [-0.2, 0) is 6.54 Å². The summed E-state index contributed by atoms with van der Waals surface area (Å²) in [6.45, 7) is 4.00. The largest absolute Gasteiger partial charge is 0.454 e. The number of carbonyl (C=O) groups is 1. The van der Waals surface area contributed by atoms with Crippen LogP contribution in [0.1, 0.15) is 21.7 Å². The van der Waals surface area contributed by atoms with E-state index < -0.39 is 0 Å². The fourth-order valence-corrected chi connectivity index (χ4v) is 2.48. The van der Waals surface area contributed by atoms with Crippen LogP contribution in [0, 0.1) is 6.92 Å². The van der Waals surface area contributed by atoms with E-state index in [4.69, 9.17) is 9.47 Å². The molecule has 0 aliphatic carbocycles. The van der Waals surface area contributed by atoms with Crippen LogP contribution in [0.5, 0.6) is 11.5 Å². The molecular weight excluding hydrogens is 334 g/mol. The van der Waals surface area contributed by atoms with Gasteiger partial charge in [-0.05, 0) is 44.8 Å². The number of likely N-dealkylation sites (N-methyl/N-ethyl adjacent to an activating group) is 1. The van der Waals surface area contributed by atoms with Crippen molar-refractivity contribution in [2.45, 2.75) is 13.5 Å². The topological polar surface area (TPSA) is 88.6 Å². The summed E-state index contributed by atoms with van der Waals surface area (Å²) in [5.74, 6) is 1.63. The Kier molecular flexibility index (Phi) is 5.52. The molecule has 0 saturated heterocycles. The second-order valence-corrected chi connectivity index (χ2v) is 6.32. The van der Waals surface area contributed by atoms with E-state index in [0.29, 0.717) is 30.5 Å². The van der Waals surface area contributed by atoms with E-state index >= 15 is 0 Å². The lowest BCUT2D eigenvalue weighted by molar-refractivity contribution is 0.0945. The summed E-state index contributed by atoms with van der Waals surface area (Å²) >= 11 is 0. The zero-order chi connectivity index (χ0) is 18.5. The van der Waals surface area contributed by atoms with E-state index in [2.05, 4.69) is 25.5 Å². The molecular formula is C18H23N5O3. The van der Waals surface area contributed by atoms with Crippen molar-refractivity contribution in [2.24, 2.45) is 0 Å². The Morgan fingerprint density at radius 2 is 2.00 bits per heavy atom. The number of amides is 1. The second kappa shape index (κ2) is 8.01. The average Bonchev–Trinajstić information content (AvgIpc) is 3.06. The first-order valence-corrected chi connectivity index (χ1v) is 8.42. The smallest absolute Gasteiger partial charge is 0.270 e. The number of carbonyl (C=O) groups excluding carboxylic acids is 1. The predicted octanol–water partition coefficient (Wildman–Crippen LogP) is 1.42. The SMILES string of the molecule is Cc1cc(C(=O)NCc2ccc3c(c2)OCO3)nc(NCCN(C)C)n1. The maximum absolute atomic E-state index is 12.4. The highest BCUT2D eigenvalue weighted by Crippen LogP contribution is 2.32. The van der Waals surface area contributed by atoms with E-state index in [1.54, 1.807) is 6.07 Å². The number of rotatable bonds is 7. The summed E-state index contributed by atoms with van der Waals surface area (Å²) in [6.07, 6.45) is 0. The molecule has 0 radical (unpaired) electrons. The van der Waals surface area contributed by atoms with Gasteiger partial charge in [0.05, 0.1) is 0 Å². The Labute approximate surface area is 152 Å². The average molecular weight is 357 g/mol. The maximum atomic E-state index is 12.4. The minimum absolute atomic E-state index is 0.231. The van der Waals surface area contributed by atoms with Crippen LogP contribution in [0.25, 0.3) is 0 Å². The summed E-state index contributed by atoms with van der Waals surface area (Å²) in [5, 5.41) is 6.01. The van der Waals surface area contributed by atoms with E-state index in [0.717, 1.165) is 23.6 Å². The number of hydrogen-bond donors (Lipinski definition) is 2. The van der Waals surface area contributed by atoms with E-state index in [-0.39, 0.29) is 12.7 Å². The van der Waals surface area contributed by atoms with Gasteiger partial charge in [0.1, 0.15) is 5.69 Å². The molecule has 3 rings (SSSR count). The molecule has 8 nitrogen and oxygen atoms in total. The number of benzene rings is 1. The summed E-state index contributed by atoms with van der Waals surface area (Å²) in [6, 6.07) is 7.27. The molecule has 8 heteroatoms. The molecule has 138 valence electrons.